The van der Waals surface area contributed by atoms with Crippen LogP contribution in [0.1, 0.15) is 18.1 Å². The molecule has 3 aromatic rings. The molecular weight excluding hydrogens is 326 g/mol. The number of anilines is 1. The van der Waals surface area contributed by atoms with E-state index in [0.717, 1.165) is 32.8 Å². The molecule has 1 amide bonds. The standard InChI is InChI=1S/C17H17N3O3S/c1-3-12-7-4-6-11(2)15(12)18-14(21)10-20-17(22)23-16(19-20)13-8-5-9-24-13/h4-9H,3,10H2,1-2H3,(H,18,21). The Labute approximate surface area is 142 Å². The van der Waals surface area contributed by atoms with E-state index in [1.807, 2.05) is 43.5 Å². The third-order valence-electron chi connectivity index (χ3n) is 3.64. The molecule has 2 aromatic heterocycles. The van der Waals surface area contributed by atoms with E-state index in [0.29, 0.717) is 0 Å². The Balaban J connectivity index is 1.78. The van der Waals surface area contributed by atoms with Crippen LogP contribution in [0.25, 0.3) is 10.8 Å². The molecule has 0 spiro atoms. The van der Waals surface area contributed by atoms with Gasteiger partial charge >= 0.3 is 5.76 Å². The van der Waals surface area contributed by atoms with Crippen molar-refractivity contribution in [1.29, 1.82) is 0 Å². The van der Waals surface area contributed by atoms with Crippen LogP contribution in [0.4, 0.5) is 5.69 Å². The number of carbonyl (C=O) groups excluding carboxylic acids is 1. The van der Waals surface area contributed by atoms with Crippen molar-refractivity contribution >= 4 is 22.9 Å². The summed E-state index contributed by atoms with van der Waals surface area (Å²) in [6, 6.07) is 9.52. The largest absolute Gasteiger partial charge is 0.437 e. The van der Waals surface area contributed by atoms with E-state index >= 15 is 0 Å². The number of hydrogen-bond acceptors (Lipinski definition) is 5. The van der Waals surface area contributed by atoms with Gasteiger partial charge in [-0.1, -0.05) is 31.2 Å². The van der Waals surface area contributed by atoms with Gasteiger partial charge in [0.05, 0.1) is 4.88 Å². The summed E-state index contributed by atoms with van der Waals surface area (Å²) in [5, 5.41) is 8.82. The second kappa shape index (κ2) is 6.84. The molecule has 0 atom stereocenters. The number of rotatable bonds is 5. The van der Waals surface area contributed by atoms with E-state index < -0.39 is 5.76 Å². The van der Waals surface area contributed by atoms with Crippen molar-refractivity contribution in [2.45, 2.75) is 26.8 Å². The smallest absolute Gasteiger partial charge is 0.387 e. The van der Waals surface area contributed by atoms with Crippen LogP contribution < -0.4 is 11.1 Å². The van der Waals surface area contributed by atoms with Gasteiger partial charge < -0.3 is 9.73 Å². The van der Waals surface area contributed by atoms with Crippen LogP contribution in [0.3, 0.4) is 0 Å². The summed E-state index contributed by atoms with van der Waals surface area (Å²) in [5.41, 5.74) is 2.82. The molecular formula is C17H17N3O3S. The number of nitrogens with zero attached hydrogens (tertiary/aromatic N) is 2. The van der Waals surface area contributed by atoms with Crippen LogP contribution in [-0.4, -0.2) is 15.7 Å². The van der Waals surface area contributed by atoms with Gasteiger partial charge in [-0.2, -0.15) is 4.68 Å². The molecule has 0 bridgehead atoms. The fourth-order valence-electron chi connectivity index (χ4n) is 2.42. The fourth-order valence-corrected chi connectivity index (χ4v) is 3.07. The van der Waals surface area contributed by atoms with Crippen molar-refractivity contribution in [2.75, 3.05) is 5.32 Å². The van der Waals surface area contributed by atoms with Crippen LogP contribution in [0.2, 0.25) is 0 Å². The fraction of sp³-hybridized carbons (Fsp3) is 0.235. The van der Waals surface area contributed by atoms with Crippen molar-refractivity contribution in [3.05, 3.63) is 57.4 Å². The van der Waals surface area contributed by atoms with Gasteiger partial charge in [0.1, 0.15) is 6.54 Å². The van der Waals surface area contributed by atoms with Gasteiger partial charge in [0.15, 0.2) is 0 Å². The summed E-state index contributed by atoms with van der Waals surface area (Å²) in [6.45, 7) is 3.77. The molecule has 0 aliphatic carbocycles. The highest BCUT2D eigenvalue weighted by Gasteiger charge is 2.15. The Bertz CT molecular complexity index is 910. The van der Waals surface area contributed by atoms with Crippen LogP contribution in [0, 0.1) is 6.92 Å². The topological polar surface area (TPSA) is 77.1 Å². The maximum absolute atomic E-state index is 12.3. The maximum atomic E-state index is 12.3. The second-order valence-electron chi connectivity index (χ2n) is 5.32. The zero-order valence-electron chi connectivity index (χ0n) is 13.4. The molecule has 124 valence electrons. The quantitative estimate of drug-likeness (QED) is 0.772. The number of aromatic nitrogens is 2. The number of nitrogens with one attached hydrogen (secondary N) is 1. The minimum Gasteiger partial charge on any atom is -0.387 e. The minimum absolute atomic E-state index is 0.189. The van der Waals surface area contributed by atoms with Crippen molar-refractivity contribution in [3.63, 3.8) is 0 Å². The molecule has 1 aromatic carbocycles. The zero-order chi connectivity index (χ0) is 17.1. The van der Waals surface area contributed by atoms with Crippen molar-refractivity contribution < 1.29 is 9.21 Å². The van der Waals surface area contributed by atoms with E-state index in [4.69, 9.17) is 4.42 Å². The number of benzene rings is 1. The minimum atomic E-state index is -0.644. The first kappa shape index (κ1) is 16.2. The molecule has 24 heavy (non-hydrogen) atoms. The van der Waals surface area contributed by atoms with Gasteiger partial charge in [0.25, 0.3) is 5.89 Å². The summed E-state index contributed by atoms with van der Waals surface area (Å²) >= 11 is 1.42. The van der Waals surface area contributed by atoms with Crippen molar-refractivity contribution in [1.82, 2.24) is 9.78 Å². The molecule has 2 heterocycles. The maximum Gasteiger partial charge on any atom is 0.437 e. The van der Waals surface area contributed by atoms with Crippen molar-refractivity contribution in [2.24, 2.45) is 0 Å². The molecule has 1 N–H and O–H groups in total. The first-order chi connectivity index (χ1) is 11.6. The van der Waals surface area contributed by atoms with E-state index in [9.17, 15) is 9.59 Å². The van der Waals surface area contributed by atoms with Gasteiger partial charge in [-0.05, 0) is 35.9 Å². The summed E-state index contributed by atoms with van der Waals surface area (Å²) in [6.07, 6.45) is 0.809. The number of hydrogen-bond donors (Lipinski definition) is 1. The molecule has 3 rings (SSSR count). The lowest BCUT2D eigenvalue weighted by molar-refractivity contribution is -0.117. The van der Waals surface area contributed by atoms with Crippen LogP contribution >= 0.6 is 11.3 Å². The van der Waals surface area contributed by atoms with E-state index in [-0.39, 0.29) is 18.3 Å². The van der Waals surface area contributed by atoms with E-state index in [1.165, 1.54) is 11.3 Å². The predicted octanol–water partition coefficient (Wildman–Crippen LogP) is 3.07. The summed E-state index contributed by atoms with van der Waals surface area (Å²) < 4.78 is 6.14. The van der Waals surface area contributed by atoms with Crippen LogP contribution in [0.15, 0.2) is 44.9 Å². The van der Waals surface area contributed by atoms with Crippen LogP contribution in [0.5, 0.6) is 0 Å². The normalized spacial score (nSPS) is 10.8. The molecule has 6 nitrogen and oxygen atoms in total. The Morgan fingerprint density at radius 1 is 1.33 bits per heavy atom. The van der Waals surface area contributed by atoms with Gasteiger partial charge in [-0.3, -0.25) is 4.79 Å². The highest BCUT2D eigenvalue weighted by molar-refractivity contribution is 7.13. The molecule has 0 saturated carbocycles. The number of amides is 1. The van der Waals surface area contributed by atoms with Crippen molar-refractivity contribution in [3.8, 4) is 10.8 Å². The highest BCUT2D eigenvalue weighted by Crippen LogP contribution is 2.22. The van der Waals surface area contributed by atoms with Gasteiger partial charge in [-0.15, -0.1) is 16.4 Å². The molecule has 0 unspecified atom stereocenters. The first-order valence-corrected chi connectivity index (χ1v) is 8.46. The Hall–Kier alpha value is -2.67. The SMILES string of the molecule is CCc1cccc(C)c1NC(=O)Cn1nc(-c2cccs2)oc1=O. The van der Waals surface area contributed by atoms with E-state index in [2.05, 4.69) is 10.4 Å². The number of para-hydroxylation sites is 1. The lowest BCUT2D eigenvalue weighted by atomic mass is 10.1. The van der Waals surface area contributed by atoms with Gasteiger partial charge in [0.2, 0.25) is 5.91 Å². The summed E-state index contributed by atoms with van der Waals surface area (Å²) in [5.74, 6) is -0.728. The van der Waals surface area contributed by atoms with Gasteiger partial charge in [-0.25, -0.2) is 4.79 Å². The predicted molar refractivity (Wildman–Crippen MR) is 93.3 cm³/mol. The zero-order valence-corrected chi connectivity index (χ0v) is 14.2. The molecule has 7 heteroatoms. The third kappa shape index (κ3) is 3.30. The highest BCUT2D eigenvalue weighted by atomic mass is 32.1. The Kier molecular flexibility index (Phi) is 4.61. The summed E-state index contributed by atoms with van der Waals surface area (Å²) in [7, 11) is 0. The number of aryl methyl sites for hydroxylation is 2. The second-order valence-corrected chi connectivity index (χ2v) is 6.27. The summed E-state index contributed by atoms with van der Waals surface area (Å²) in [4.78, 5) is 24.9. The molecule has 0 radical (unpaired) electrons. The average Bonchev–Trinajstić information content (AvgIpc) is 3.20. The lowest BCUT2D eigenvalue weighted by Crippen LogP contribution is -2.26. The molecule has 0 aliphatic rings. The monoisotopic (exact) mass is 343 g/mol. The van der Waals surface area contributed by atoms with E-state index in [1.54, 1.807) is 6.07 Å². The lowest BCUT2D eigenvalue weighted by Gasteiger charge is -2.12. The molecule has 0 fully saturated rings. The Morgan fingerprint density at radius 2 is 2.17 bits per heavy atom. The van der Waals surface area contributed by atoms with Gasteiger partial charge in [0, 0.05) is 5.69 Å². The number of carbonyl (C=O) groups is 1. The van der Waals surface area contributed by atoms with Crippen LogP contribution in [-0.2, 0) is 17.8 Å². The molecule has 0 aliphatic heterocycles. The average molecular weight is 343 g/mol. The number of thiophene rings is 1. The molecule has 0 saturated heterocycles. The third-order valence-corrected chi connectivity index (χ3v) is 4.49. The Morgan fingerprint density at radius 3 is 2.88 bits per heavy atom. The first-order valence-electron chi connectivity index (χ1n) is 7.58.